The summed E-state index contributed by atoms with van der Waals surface area (Å²) in [5.41, 5.74) is -0.278. The minimum Gasteiger partial charge on any atom is -0.511 e. The van der Waals surface area contributed by atoms with Crippen LogP contribution >= 0.6 is 11.3 Å². The molecule has 0 aliphatic heterocycles. The number of anilines is 2. The second-order valence-electron chi connectivity index (χ2n) is 5.76. The van der Waals surface area contributed by atoms with Gasteiger partial charge in [-0.05, 0) is 25.1 Å². The molecule has 0 atom stereocenters. The van der Waals surface area contributed by atoms with Crippen LogP contribution in [-0.4, -0.2) is 38.2 Å². The molecule has 3 aromatic rings. The summed E-state index contributed by atoms with van der Waals surface area (Å²) >= 11 is 0.984. The van der Waals surface area contributed by atoms with Crippen LogP contribution < -0.4 is 10.6 Å². The van der Waals surface area contributed by atoms with Gasteiger partial charge >= 0.3 is 5.97 Å². The van der Waals surface area contributed by atoms with Gasteiger partial charge in [0.25, 0.3) is 11.8 Å². The Bertz CT molecular complexity index is 1210. The van der Waals surface area contributed by atoms with Crippen LogP contribution in [0.2, 0.25) is 0 Å². The van der Waals surface area contributed by atoms with E-state index in [0.717, 1.165) is 11.3 Å². The van der Waals surface area contributed by atoms with E-state index in [4.69, 9.17) is 10.4 Å². The number of carboxylic acids is 1. The molecule has 2 aromatic heterocycles. The fourth-order valence-electron chi connectivity index (χ4n) is 2.46. The van der Waals surface area contributed by atoms with Gasteiger partial charge in [-0.15, -0.1) is 11.3 Å². The lowest BCUT2D eigenvalue weighted by atomic mass is 10.1. The molecule has 1 aromatic carbocycles. The van der Waals surface area contributed by atoms with E-state index in [1.165, 1.54) is 25.1 Å². The first-order valence-electron chi connectivity index (χ1n) is 8.04. The summed E-state index contributed by atoms with van der Waals surface area (Å²) in [6.07, 6.45) is 0. The van der Waals surface area contributed by atoms with Gasteiger partial charge in [-0.2, -0.15) is 10.4 Å². The summed E-state index contributed by atoms with van der Waals surface area (Å²) in [6, 6.07) is 9.06. The molecule has 0 spiro atoms. The monoisotopic (exact) mass is 411 g/mol. The van der Waals surface area contributed by atoms with E-state index < -0.39 is 29.1 Å². The van der Waals surface area contributed by atoms with Gasteiger partial charge in [0.15, 0.2) is 11.4 Å². The lowest BCUT2D eigenvalue weighted by Crippen LogP contribution is -2.19. The smallest absolute Gasteiger partial charge is 0.345 e. The molecule has 0 fully saturated rings. The number of H-pyrrole nitrogens is 1. The molecule has 2 amide bonds. The summed E-state index contributed by atoms with van der Waals surface area (Å²) in [5, 5.41) is 39.5. The Balaban J connectivity index is 1.88. The van der Waals surface area contributed by atoms with Crippen molar-refractivity contribution in [1.29, 1.82) is 5.26 Å². The molecule has 0 saturated carbocycles. The van der Waals surface area contributed by atoms with Crippen LogP contribution in [0.1, 0.15) is 27.0 Å². The van der Waals surface area contributed by atoms with Crippen LogP contribution in [-0.2, 0) is 4.79 Å². The van der Waals surface area contributed by atoms with Crippen LogP contribution in [0, 0.1) is 11.3 Å². The van der Waals surface area contributed by atoms with E-state index in [1.807, 2.05) is 0 Å². The summed E-state index contributed by atoms with van der Waals surface area (Å²) in [4.78, 5) is 36.6. The Morgan fingerprint density at radius 2 is 1.93 bits per heavy atom. The number of nitriles is 1. The highest BCUT2D eigenvalue weighted by molar-refractivity contribution is 7.20. The number of amides is 2. The third kappa shape index (κ3) is 3.92. The molecule has 29 heavy (non-hydrogen) atoms. The molecule has 0 saturated heterocycles. The second-order valence-corrected chi connectivity index (χ2v) is 6.81. The van der Waals surface area contributed by atoms with Gasteiger partial charge in [-0.1, -0.05) is 12.1 Å². The maximum atomic E-state index is 12.7. The van der Waals surface area contributed by atoms with Crippen molar-refractivity contribution in [2.45, 2.75) is 6.92 Å². The number of aromatic amines is 1. The van der Waals surface area contributed by atoms with Crippen LogP contribution in [0.3, 0.4) is 0 Å². The number of hydrogen-bond donors (Lipinski definition) is 5. The number of carbonyl (C=O) groups excluding carboxylic acids is 2. The zero-order valence-electron chi connectivity index (χ0n) is 14.8. The largest absolute Gasteiger partial charge is 0.511 e. The van der Waals surface area contributed by atoms with Gasteiger partial charge in [-0.25, -0.2) is 4.79 Å². The van der Waals surface area contributed by atoms with E-state index >= 15 is 0 Å². The number of nitrogens with zero attached hydrogens (tertiary/aromatic N) is 2. The van der Waals surface area contributed by atoms with Gasteiger partial charge in [0.2, 0.25) is 0 Å². The molecule has 0 bridgehead atoms. The number of nitrogens with one attached hydrogen (secondary N) is 3. The van der Waals surface area contributed by atoms with E-state index in [9.17, 15) is 19.5 Å². The molecule has 0 aliphatic carbocycles. The first kappa shape index (κ1) is 19.6. The standard InChI is InChI=1S/C18H13N5O5S/c1-8(24)11(7-19)16(26)20-12-5-3-2-4-9(12)15(25)21-14-10-6-13(18(27)28)29-17(10)23-22-14/h2-6,24H,1H3,(H,20,26)(H,27,28)(H2,21,22,23,25)/b11-8-. The zero-order chi connectivity index (χ0) is 21.1. The lowest BCUT2D eigenvalue weighted by molar-refractivity contribution is -0.112. The molecular weight excluding hydrogens is 398 g/mol. The van der Waals surface area contributed by atoms with Crippen molar-refractivity contribution in [3.8, 4) is 6.07 Å². The molecule has 5 N–H and O–H groups in total. The van der Waals surface area contributed by atoms with E-state index in [2.05, 4.69) is 20.8 Å². The number of carboxylic acid groups (broad SMARTS) is 1. The molecule has 11 heteroatoms. The molecule has 0 unspecified atom stereocenters. The van der Waals surface area contributed by atoms with Crippen molar-refractivity contribution in [3.05, 3.63) is 52.1 Å². The van der Waals surface area contributed by atoms with E-state index in [-0.39, 0.29) is 21.9 Å². The Kier molecular flexibility index (Phi) is 5.29. The fraction of sp³-hybridized carbons (Fsp3) is 0.0556. The Morgan fingerprint density at radius 1 is 1.21 bits per heavy atom. The minimum atomic E-state index is -1.09. The van der Waals surface area contributed by atoms with Crippen LogP contribution in [0.25, 0.3) is 10.2 Å². The van der Waals surface area contributed by atoms with Crippen molar-refractivity contribution < 1.29 is 24.6 Å². The lowest BCUT2D eigenvalue weighted by Gasteiger charge is -2.10. The highest BCUT2D eigenvalue weighted by Gasteiger charge is 2.20. The van der Waals surface area contributed by atoms with Gasteiger partial charge in [0, 0.05) is 0 Å². The minimum absolute atomic E-state index is 0.0820. The number of allylic oxidation sites excluding steroid dienone is 1. The van der Waals surface area contributed by atoms with Gasteiger partial charge in [0.1, 0.15) is 21.5 Å². The molecule has 2 heterocycles. The van der Waals surface area contributed by atoms with Crippen LogP contribution in [0.15, 0.2) is 41.7 Å². The second kappa shape index (κ2) is 7.83. The highest BCUT2D eigenvalue weighted by atomic mass is 32.1. The Hall–Kier alpha value is -4.17. The van der Waals surface area contributed by atoms with E-state index in [1.54, 1.807) is 18.2 Å². The molecule has 0 radical (unpaired) electrons. The normalized spacial score (nSPS) is 11.4. The number of fused-ring (bicyclic) bond motifs is 1. The number of aliphatic hydroxyl groups is 1. The summed E-state index contributed by atoms with van der Waals surface area (Å²) in [6.45, 7) is 1.20. The van der Waals surface area contributed by atoms with Crippen molar-refractivity contribution >= 4 is 50.8 Å². The first-order chi connectivity index (χ1) is 13.8. The molecular formula is C18H13N5O5S. The maximum Gasteiger partial charge on any atom is 0.345 e. The van der Waals surface area contributed by atoms with Crippen molar-refractivity contribution in [3.63, 3.8) is 0 Å². The number of benzene rings is 1. The average Bonchev–Trinajstić information content (AvgIpc) is 3.24. The van der Waals surface area contributed by atoms with Crippen molar-refractivity contribution in [1.82, 2.24) is 10.2 Å². The first-order valence-corrected chi connectivity index (χ1v) is 8.86. The van der Waals surface area contributed by atoms with Crippen molar-refractivity contribution in [2.24, 2.45) is 0 Å². The fourth-order valence-corrected chi connectivity index (χ4v) is 3.30. The third-order valence-corrected chi connectivity index (χ3v) is 4.85. The highest BCUT2D eigenvalue weighted by Crippen LogP contribution is 2.29. The predicted octanol–water partition coefficient (Wildman–Crippen LogP) is 2.87. The number of aliphatic hydroxyl groups excluding tert-OH is 1. The van der Waals surface area contributed by atoms with Crippen LogP contribution in [0.4, 0.5) is 11.5 Å². The summed E-state index contributed by atoms with van der Waals surface area (Å²) < 4.78 is 0. The van der Waals surface area contributed by atoms with Gasteiger partial charge in [-0.3, -0.25) is 14.7 Å². The van der Waals surface area contributed by atoms with Gasteiger partial charge in [0.05, 0.1) is 16.6 Å². The predicted molar refractivity (Wildman–Crippen MR) is 105 cm³/mol. The quantitative estimate of drug-likeness (QED) is 0.244. The topological polar surface area (TPSA) is 168 Å². The summed E-state index contributed by atoms with van der Waals surface area (Å²) in [7, 11) is 0. The SMILES string of the molecule is C/C(O)=C(\C#N)C(=O)Nc1ccccc1C(=O)Nc1n[nH]c2sc(C(=O)O)cc12. The summed E-state index contributed by atoms with van der Waals surface area (Å²) in [5.74, 6) is -2.87. The molecule has 0 aliphatic rings. The number of hydrogen-bond acceptors (Lipinski definition) is 7. The van der Waals surface area contributed by atoms with E-state index in [0.29, 0.717) is 10.2 Å². The zero-order valence-corrected chi connectivity index (χ0v) is 15.6. The number of aromatic carboxylic acids is 1. The molecule has 3 rings (SSSR count). The van der Waals surface area contributed by atoms with Crippen LogP contribution in [0.5, 0.6) is 0 Å². The molecule has 10 nitrogen and oxygen atoms in total. The number of thiophene rings is 1. The van der Waals surface area contributed by atoms with Crippen molar-refractivity contribution in [2.75, 3.05) is 10.6 Å². The third-order valence-electron chi connectivity index (χ3n) is 3.82. The number of rotatable bonds is 5. The maximum absolute atomic E-state index is 12.7. The average molecular weight is 411 g/mol. The number of carbonyl (C=O) groups is 3. The van der Waals surface area contributed by atoms with Gasteiger partial charge < -0.3 is 20.8 Å². The molecule has 146 valence electrons. The Labute approximate surface area is 167 Å². The number of para-hydroxylation sites is 1. The Morgan fingerprint density at radius 3 is 2.59 bits per heavy atom. The number of aromatic nitrogens is 2.